The normalized spacial score (nSPS) is 20.2. The third-order valence-electron chi connectivity index (χ3n) is 3.34. The molecule has 0 amide bonds. The zero-order valence-corrected chi connectivity index (χ0v) is 10.6. The molecule has 0 aliphatic heterocycles. The highest BCUT2D eigenvalue weighted by atomic mass is 16.5. The topological polar surface area (TPSA) is 21.3 Å². The second-order valence-electron chi connectivity index (χ2n) is 4.93. The molecule has 1 saturated carbocycles. The lowest BCUT2D eigenvalue weighted by Crippen LogP contribution is -2.39. The molecule has 0 aromatic carbocycles. The molecular formula is C13H27NO. The molecule has 15 heavy (non-hydrogen) atoms. The van der Waals surface area contributed by atoms with Gasteiger partial charge in [0.1, 0.15) is 0 Å². The molecule has 0 saturated heterocycles. The van der Waals surface area contributed by atoms with Crippen molar-refractivity contribution < 1.29 is 4.74 Å². The minimum Gasteiger partial charge on any atom is -0.380 e. The molecule has 0 bridgehead atoms. The van der Waals surface area contributed by atoms with E-state index < -0.39 is 0 Å². The number of nitrogens with one attached hydrogen (secondary N) is 1. The van der Waals surface area contributed by atoms with Crippen molar-refractivity contribution in [1.82, 2.24) is 5.32 Å². The molecule has 1 N–H and O–H groups in total. The van der Waals surface area contributed by atoms with E-state index in [1.807, 2.05) is 0 Å². The molecule has 2 heteroatoms. The van der Waals surface area contributed by atoms with Gasteiger partial charge in [-0.05, 0) is 37.6 Å². The summed E-state index contributed by atoms with van der Waals surface area (Å²) in [5, 5.41) is 3.59. The van der Waals surface area contributed by atoms with E-state index >= 15 is 0 Å². The second kappa shape index (κ2) is 7.24. The molecule has 1 rings (SSSR count). The van der Waals surface area contributed by atoms with Crippen molar-refractivity contribution >= 4 is 0 Å². The number of hydrogen-bond donors (Lipinski definition) is 1. The average Bonchev–Trinajstić information content (AvgIpc) is 3.06. The minimum absolute atomic E-state index is 0.550. The van der Waals surface area contributed by atoms with Crippen molar-refractivity contribution in [2.75, 3.05) is 19.8 Å². The number of rotatable bonds is 9. The number of hydrogen-bond acceptors (Lipinski definition) is 2. The molecule has 1 fully saturated rings. The van der Waals surface area contributed by atoms with Crippen molar-refractivity contribution in [3.8, 4) is 0 Å². The Labute approximate surface area is 94.8 Å². The van der Waals surface area contributed by atoms with Crippen LogP contribution < -0.4 is 5.32 Å². The van der Waals surface area contributed by atoms with Crippen molar-refractivity contribution in [1.29, 1.82) is 0 Å². The quantitative estimate of drug-likeness (QED) is 0.636. The van der Waals surface area contributed by atoms with Gasteiger partial charge in [-0.15, -0.1) is 0 Å². The Balaban J connectivity index is 2.13. The summed E-state index contributed by atoms with van der Waals surface area (Å²) in [5.41, 5.74) is 0. The molecule has 0 spiro atoms. The van der Waals surface area contributed by atoms with Gasteiger partial charge < -0.3 is 10.1 Å². The highest BCUT2D eigenvalue weighted by molar-refractivity contribution is 4.75. The van der Waals surface area contributed by atoms with Crippen LogP contribution in [0.1, 0.15) is 46.5 Å². The first kappa shape index (κ1) is 13.0. The summed E-state index contributed by atoms with van der Waals surface area (Å²) >= 11 is 0. The van der Waals surface area contributed by atoms with Crippen LogP contribution in [0.3, 0.4) is 0 Å². The van der Waals surface area contributed by atoms with E-state index in [1.165, 1.54) is 25.7 Å². The van der Waals surface area contributed by atoms with E-state index in [-0.39, 0.29) is 0 Å². The van der Waals surface area contributed by atoms with Crippen LogP contribution in [0.2, 0.25) is 0 Å². The largest absolute Gasteiger partial charge is 0.380 e. The van der Waals surface area contributed by atoms with Crippen LogP contribution in [0.25, 0.3) is 0 Å². The molecule has 2 unspecified atom stereocenters. The Bertz CT molecular complexity index is 157. The summed E-state index contributed by atoms with van der Waals surface area (Å²) in [7, 11) is 0. The van der Waals surface area contributed by atoms with Crippen LogP contribution in [-0.4, -0.2) is 25.8 Å². The van der Waals surface area contributed by atoms with Crippen LogP contribution in [0, 0.1) is 11.8 Å². The van der Waals surface area contributed by atoms with Crippen LogP contribution in [-0.2, 0) is 4.74 Å². The summed E-state index contributed by atoms with van der Waals surface area (Å²) < 4.78 is 5.78. The minimum atomic E-state index is 0.550. The van der Waals surface area contributed by atoms with Gasteiger partial charge in [-0.25, -0.2) is 0 Å². The lowest BCUT2D eigenvalue weighted by Gasteiger charge is -2.24. The Hall–Kier alpha value is -0.0800. The van der Waals surface area contributed by atoms with Crippen molar-refractivity contribution in [2.45, 2.75) is 52.5 Å². The van der Waals surface area contributed by atoms with Crippen LogP contribution in [0.5, 0.6) is 0 Å². The Morgan fingerprint density at radius 1 is 1.33 bits per heavy atom. The van der Waals surface area contributed by atoms with Crippen molar-refractivity contribution in [2.24, 2.45) is 11.8 Å². The zero-order valence-electron chi connectivity index (χ0n) is 10.6. The van der Waals surface area contributed by atoms with Gasteiger partial charge in [-0.3, -0.25) is 0 Å². The van der Waals surface area contributed by atoms with Gasteiger partial charge in [-0.1, -0.05) is 27.2 Å². The van der Waals surface area contributed by atoms with E-state index in [4.69, 9.17) is 4.74 Å². The van der Waals surface area contributed by atoms with Gasteiger partial charge in [0.2, 0.25) is 0 Å². The lowest BCUT2D eigenvalue weighted by molar-refractivity contribution is 0.0873. The molecule has 90 valence electrons. The highest BCUT2D eigenvalue weighted by Crippen LogP contribution is 2.28. The third kappa shape index (κ3) is 5.53. The zero-order chi connectivity index (χ0) is 11.1. The maximum Gasteiger partial charge on any atom is 0.0622 e. The summed E-state index contributed by atoms with van der Waals surface area (Å²) in [6.07, 6.45) is 5.20. The smallest absolute Gasteiger partial charge is 0.0622 e. The Morgan fingerprint density at radius 2 is 2.07 bits per heavy atom. The van der Waals surface area contributed by atoms with Crippen LogP contribution >= 0.6 is 0 Å². The van der Waals surface area contributed by atoms with Gasteiger partial charge in [0.15, 0.2) is 0 Å². The van der Waals surface area contributed by atoms with Crippen molar-refractivity contribution in [3.05, 3.63) is 0 Å². The highest BCUT2D eigenvalue weighted by Gasteiger charge is 2.22. The van der Waals surface area contributed by atoms with Crippen molar-refractivity contribution in [3.63, 3.8) is 0 Å². The molecule has 0 radical (unpaired) electrons. The Morgan fingerprint density at radius 3 is 2.60 bits per heavy atom. The van der Waals surface area contributed by atoms with Crippen LogP contribution in [0.4, 0.5) is 0 Å². The first-order chi connectivity index (χ1) is 7.27. The molecule has 2 atom stereocenters. The average molecular weight is 213 g/mol. The van der Waals surface area contributed by atoms with E-state index in [2.05, 4.69) is 26.1 Å². The van der Waals surface area contributed by atoms with Gasteiger partial charge in [-0.2, -0.15) is 0 Å². The lowest BCUT2D eigenvalue weighted by atomic mass is 10.00. The Kier molecular flexibility index (Phi) is 6.26. The van der Waals surface area contributed by atoms with E-state index in [9.17, 15) is 0 Å². The van der Waals surface area contributed by atoms with Crippen LogP contribution in [0.15, 0.2) is 0 Å². The summed E-state index contributed by atoms with van der Waals surface area (Å²) in [5.74, 6) is 1.60. The summed E-state index contributed by atoms with van der Waals surface area (Å²) in [4.78, 5) is 0. The van der Waals surface area contributed by atoms with E-state index in [0.717, 1.165) is 31.6 Å². The summed E-state index contributed by atoms with van der Waals surface area (Å²) in [6, 6.07) is 0.550. The van der Waals surface area contributed by atoms with E-state index in [1.54, 1.807) is 0 Å². The van der Waals surface area contributed by atoms with Gasteiger partial charge in [0.25, 0.3) is 0 Å². The van der Waals surface area contributed by atoms with E-state index in [0.29, 0.717) is 6.04 Å². The molecule has 1 aliphatic carbocycles. The second-order valence-corrected chi connectivity index (χ2v) is 4.93. The fourth-order valence-corrected chi connectivity index (χ4v) is 1.68. The molecule has 1 aliphatic rings. The SMILES string of the molecule is CCCNC(COCC1CC1)C(C)CC. The predicted molar refractivity (Wildman–Crippen MR) is 65.1 cm³/mol. The monoisotopic (exact) mass is 213 g/mol. The fraction of sp³-hybridized carbons (Fsp3) is 1.00. The first-order valence-electron chi connectivity index (χ1n) is 6.59. The standard InChI is InChI=1S/C13H27NO/c1-4-8-14-13(11(3)5-2)10-15-9-12-6-7-12/h11-14H,4-10H2,1-3H3. The molecule has 0 aromatic heterocycles. The maximum absolute atomic E-state index is 5.78. The van der Waals surface area contributed by atoms with Gasteiger partial charge in [0, 0.05) is 12.6 Å². The fourth-order valence-electron chi connectivity index (χ4n) is 1.68. The number of ether oxygens (including phenoxy) is 1. The van der Waals surface area contributed by atoms with Gasteiger partial charge >= 0.3 is 0 Å². The maximum atomic E-state index is 5.78. The molecular weight excluding hydrogens is 186 g/mol. The predicted octanol–water partition coefficient (Wildman–Crippen LogP) is 2.83. The third-order valence-corrected chi connectivity index (χ3v) is 3.34. The summed E-state index contributed by atoms with van der Waals surface area (Å²) in [6.45, 7) is 9.78. The first-order valence-corrected chi connectivity index (χ1v) is 6.59. The molecule has 2 nitrogen and oxygen atoms in total. The molecule has 0 aromatic rings. The molecule has 0 heterocycles. The van der Waals surface area contributed by atoms with Gasteiger partial charge in [0.05, 0.1) is 6.61 Å².